The molecular formula is C26H21FN4O3S. The fourth-order valence-electron chi connectivity index (χ4n) is 4.26. The highest BCUT2D eigenvalue weighted by molar-refractivity contribution is 7.80. The molecule has 3 aromatic rings. The largest absolute Gasteiger partial charge is 0.447 e. The third kappa shape index (κ3) is 4.38. The summed E-state index contributed by atoms with van der Waals surface area (Å²) in [6, 6.07) is 18.8. The van der Waals surface area contributed by atoms with E-state index in [0.29, 0.717) is 0 Å². The number of β-lactam (4-membered cyclic amide) rings is 1. The van der Waals surface area contributed by atoms with Gasteiger partial charge in [0, 0.05) is 18.0 Å². The molecule has 2 aromatic carbocycles. The summed E-state index contributed by atoms with van der Waals surface area (Å²) in [5, 5.41) is 1.27. The van der Waals surface area contributed by atoms with Crippen molar-refractivity contribution in [1.29, 1.82) is 0 Å². The molecule has 0 saturated carbocycles. The first-order valence-corrected chi connectivity index (χ1v) is 11.4. The maximum absolute atomic E-state index is 14.3. The van der Waals surface area contributed by atoms with Gasteiger partial charge in [-0.3, -0.25) is 20.1 Å². The Morgan fingerprint density at radius 3 is 2.60 bits per heavy atom. The van der Waals surface area contributed by atoms with Crippen molar-refractivity contribution in [1.82, 2.24) is 20.3 Å². The van der Waals surface area contributed by atoms with Crippen molar-refractivity contribution in [2.24, 2.45) is 5.92 Å². The molecule has 0 bridgehead atoms. The molecule has 7 nitrogen and oxygen atoms in total. The van der Waals surface area contributed by atoms with Gasteiger partial charge in [0.1, 0.15) is 23.6 Å². The van der Waals surface area contributed by atoms with E-state index in [1.807, 2.05) is 36.4 Å². The predicted molar refractivity (Wildman–Crippen MR) is 131 cm³/mol. The minimum absolute atomic E-state index is 0.0416. The Bertz CT molecular complexity index is 1290. The number of carbonyl (C=O) groups is 2. The van der Waals surface area contributed by atoms with Crippen LogP contribution in [0, 0.1) is 11.7 Å². The summed E-state index contributed by atoms with van der Waals surface area (Å²) in [6.45, 7) is 0.151. The van der Waals surface area contributed by atoms with Crippen LogP contribution in [0.3, 0.4) is 0 Å². The molecule has 35 heavy (non-hydrogen) atoms. The molecule has 5 rings (SSSR count). The van der Waals surface area contributed by atoms with Gasteiger partial charge in [0.2, 0.25) is 0 Å². The van der Waals surface area contributed by atoms with Crippen LogP contribution < -0.4 is 5.43 Å². The van der Waals surface area contributed by atoms with Crippen LogP contribution >= 0.6 is 12.2 Å². The number of hydrazine groups is 1. The number of benzene rings is 2. The number of cyclic esters (lactones) is 1. The number of carbonyl (C=O) groups excluding carboxylic acids is 2. The van der Waals surface area contributed by atoms with Gasteiger partial charge in [-0.25, -0.2) is 14.2 Å². The second-order valence-electron chi connectivity index (χ2n) is 8.12. The van der Waals surface area contributed by atoms with Gasteiger partial charge < -0.3 is 4.74 Å². The lowest BCUT2D eigenvalue weighted by atomic mass is 9.91. The lowest BCUT2D eigenvalue weighted by Gasteiger charge is -2.50. The number of nitrogens with one attached hydrogen (secondary N) is 1. The van der Waals surface area contributed by atoms with Crippen molar-refractivity contribution < 1.29 is 18.7 Å². The second kappa shape index (κ2) is 9.63. The van der Waals surface area contributed by atoms with Crippen molar-refractivity contribution in [2.45, 2.75) is 12.2 Å². The van der Waals surface area contributed by atoms with Gasteiger partial charge in [-0.15, -0.1) is 0 Å². The van der Waals surface area contributed by atoms with E-state index < -0.39 is 30.0 Å². The van der Waals surface area contributed by atoms with Gasteiger partial charge in [-0.05, 0) is 29.3 Å². The van der Waals surface area contributed by atoms with Gasteiger partial charge in [0.15, 0.2) is 0 Å². The zero-order valence-corrected chi connectivity index (χ0v) is 19.3. The van der Waals surface area contributed by atoms with Crippen molar-refractivity contribution in [3.05, 3.63) is 108 Å². The normalized spacial score (nSPS) is 21.7. The van der Waals surface area contributed by atoms with Crippen molar-refractivity contribution in [2.75, 3.05) is 6.61 Å². The Balaban J connectivity index is 1.47. The Morgan fingerprint density at radius 2 is 1.86 bits per heavy atom. The third-order valence-corrected chi connectivity index (χ3v) is 6.32. The van der Waals surface area contributed by atoms with Crippen LogP contribution in [0.4, 0.5) is 9.18 Å². The SMILES string of the molecule is O=C1[C@H](C=Cc2cccnc2)[C@H](N2C(=O)OC[C@@H]2c2ccccc2)N1NC(=S)c1ccccc1F. The average Bonchev–Trinajstić information content (AvgIpc) is 3.26. The molecule has 176 valence electrons. The summed E-state index contributed by atoms with van der Waals surface area (Å²) in [4.78, 5) is 31.8. The first-order valence-electron chi connectivity index (χ1n) is 11.0. The van der Waals surface area contributed by atoms with Crippen LogP contribution in [-0.2, 0) is 9.53 Å². The monoisotopic (exact) mass is 488 g/mol. The summed E-state index contributed by atoms with van der Waals surface area (Å²) < 4.78 is 19.7. The average molecular weight is 489 g/mol. The van der Waals surface area contributed by atoms with E-state index in [-0.39, 0.29) is 23.1 Å². The Morgan fingerprint density at radius 1 is 1.09 bits per heavy atom. The summed E-state index contributed by atoms with van der Waals surface area (Å²) in [5.41, 5.74) is 4.70. The number of thiocarbonyl (C=S) groups is 1. The van der Waals surface area contributed by atoms with Crippen LogP contribution in [0.5, 0.6) is 0 Å². The first-order chi connectivity index (χ1) is 17.0. The number of pyridine rings is 1. The highest BCUT2D eigenvalue weighted by Gasteiger charge is 2.55. The van der Waals surface area contributed by atoms with Gasteiger partial charge in [0.25, 0.3) is 5.91 Å². The quantitative estimate of drug-likeness (QED) is 0.416. The van der Waals surface area contributed by atoms with E-state index in [1.165, 1.54) is 22.0 Å². The van der Waals surface area contributed by atoms with Crippen LogP contribution in [0.25, 0.3) is 6.08 Å². The van der Waals surface area contributed by atoms with E-state index in [2.05, 4.69) is 10.4 Å². The number of rotatable bonds is 6. The van der Waals surface area contributed by atoms with E-state index >= 15 is 0 Å². The van der Waals surface area contributed by atoms with Crippen LogP contribution in [-0.4, -0.2) is 44.7 Å². The Hall–Kier alpha value is -4.11. The smallest absolute Gasteiger partial charge is 0.412 e. The zero-order valence-electron chi connectivity index (χ0n) is 18.5. The number of nitrogens with zero attached hydrogens (tertiary/aromatic N) is 3. The van der Waals surface area contributed by atoms with E-state index in [1.54, 1.807) is 42.7 Å². The lowest BCUT2D eigenvalue weighted by Crippen LogP contribution is -2.72. The zero-order chi connectivity index (χ0) is 24.4. The summed E-state index contributed by atoms with van der Waals surface area (Å²) in [6.07, 6.45) is 5.58. The van der Waals surface area contributed by atoms with E-state index in [0.717, 1.165) is 11.1 Å². The maximum atomic E-state index is 14.3. The number of ether oxygens (including phenoxy) is 1. The maximum Gasteiger partial charge on any atom is 0.412 e. The molecule has 2 aliphatic rings. The molecule has 2 aliphatic heterocycles. The molecular weight excluding hydrogens is 467 g/mol. The molecule has 0 aliphatic carbocycles. The predicted octanol–water partition coefficient (Wildman–Crippen LogP) is 4.09. The molecule has 3 heterocycles. The molecule has 3 atom stereocenters. The highest BCUT2D eigenvalue weighted by atomic mass is 32.1. The number of aromatic nitrogens is 1. The minimum atomic E-state index is -0.736. The lowest BCUT2D eigenvalue weighted by molar-refractivity contribution is -0.167. The van der Waals surface area contributed by atoms with Crippen LogP contribution in [0.1, 0.15) is 22.7 Å². The van der Waals surface area contributed by atoms with E-state index in [9.17, 15) is 14.0 Å². The molecule has 9 heteroatoms. The number of hydrogen-bond acceptors (Lipinski definition) is 5. The molecule has 2 saturated heterocycles. The molecule has 0 radical (unpaired) electrons. The standard InChI is InChI=1S/C26H21FN4O3S/c27-21-11-5-4-10-19(21)23(35)29-31-24(20(25(31)32)13-12-17-7-6-14-28-15-17)30-22(16-34-26(30)33)18-8-2-1-3-9-18/h1-15,20,22,24H,16H2,(H,29,35)/t20-,22-,24-/m1/s1. The van der Waals surface area contributed by atoms with Gasteiger partial charge in [-0.2, -0.15) is 0 Å². The second-order valence-corrected chi connectivity index (χ2v) is 8.53. The van der Waals surface area contributed by atoms with Crippen molar-refractivity contribution in [3.63, 3.8) is 0 Å². The van der Waals surface area contributed by atoms with Gasteiger partial charge in [-0.1, -0.05) is 72.9 Å². The fraction of sp³-hybridized carbons (Fsp3) is 0.154. The number of halogens is 1. The fourth-order valence-corrected chi connectivity index (χ4v) is 4.52. The van der Waals surface area contributed by atoms with Crippen LogP contribution in [0.15, 0.2) is 85.2 Å². The molecule has 0 spiro atoms. The molecule has 0 unspecified atom stereocenters. The number of amides is 2. The molecule has 2 amide bonds. The molecule has 1 aromatic heterocycles. The highest BCUT2D eigenvalue weighted by Crippen LogP contribution is 2.39. The van der Waals surface area contributed by atoms with Crippen molar-refractivity contribution in [3.8, 4) is 0 Å². The third-order valence-electron chi connectivity index (χ3n) is 6.01. The number of hydrogen-bond donors (Lipinski definition) is 1. The van der Waals surface area contributed by atoms with Gasteiger partial charge in [0.05, 0.1) is 12.0 Å². The van der Waals surface area contributed by atoms with Crippen molar-refractivity contribution >= 4 is 35.3 Å². The summed E-state index contributed by atoms with van der Waals surface area (Å²) in [7, 11) is 0. The molecule has 1 N–H and O–H groups in total. The topological polar surface area (TPSA) is 74.8 Å². The summed E-state index contributed by atoms with van der Waals surface area (Å²) in [5.74, 6) is -1.48. The first kappa shape index (κ1) is 22.7. The minimum Gasteiger partial charge on any atom is -0.447 e. The van der Waals surface area contributed by atoms with Gasteiger partial charge >= 0.3 is 6.09 Å². The van der Waals surface area contributed by atoms with Crippen LogP contribution in [0.2, 0.25) is 0 Å². The van der Waals surface area contributed by atoms with E-state index in [4.69, 9.17) is 17.0 Å². The summed E-state index contributed by atoms with van der Waals surface area (Å²) >= 11 is 5.39. The molecule has 2 fully saturated rings. The Labute approximate surface area is 206 Å². The Kier molecular flexibility index (Phi) is 6.24.